The summed E-state index contributed by atoms with van der Waals surface area (Å²) >= 11 is 0. The fraction of sp³-hybridized carbons (Fsp3) is 0.923. The topological polar surface area (TPSA) is 47.6 Å². The van der Waals surface area contributed by atoms with Crippen molar-refractivity contribution in [3.05, 3.63) is 0 Å². The lowest BCUT2D eigenvalue weighted by Gasteiger charge is -2.29. The van der Waals surface area contributed by atoms with E-state index in [1.807, 2.05) is 0 Å². The van der Waals surface area contributed by atoms with Crippen LogP contribution in [0.5, 0.6) is 0 Å². The summed E-state index contributed by atoms with van der Waals surface area (Å²) in [5.74, 6) is 0.784. The molecule has 1 rings (SSSR count). The van der Waals surface area contributed by atoms with E-state index in [1.165, 1.54) is 19.3 Å². The Morgan fingerprint density at radius 2 is 2.18 bits per heavy atom. The Bertz CT molecular complexity index is 221. The van der Waals surface area contributed by atoms with Crippen LogP contribution in [0.2, 0.25) is 0 Å². The number of amides is 1. The molecule has 4 heteroatoms. The van der Waals surface area contributed by atoms with Crippen LogP contribution in [-0.2, 0) is 14.3 Å². The van der Waals surface area contributed by atoms with Crippen LogP contribution in [0.4, 0.5) is 0 Å². The van der Waals surface area contributed by atoms with Crippen molar-refractivity contribution in [2.75, 3.05) is 26.9 Å². The number of rotatable bonds is 7. The van der Waals surface area contributed by atoms with Gasteiger partial charge in [0.15, 0.2) is 0 Å². The normalized spacial score (nSPS) is 24.6. The Hall–Kier alpha value is -0.610. The summed E-state index contributed by atoms with van der Waals surface area (Å²) in [5.41, 5.74) is 0. The third-order valence-electron chi connectivity index (χ3n) is 3.39. The molecule has 0 aromatic rings. The van der Waals surface area contributed by atoms with Crippen molar-refractivity contribution in [2.24, 2.45) is 5.92 Å². The molecule has 1 amide bonds. The number of carbonyl (C=O) groups is 1. The molecular weight excluding hydrogens is 218 g/mol. The van der Waals surface area contributed by atoms with Crippen molar-refractivity contribution in [1.29, 1.82) is 0 Å². The highest BCUT2D eigenvalue weighted by Crippen LogP contribution is 2.26. The Labute approximate surface area is 104 Å². The number of methoxy groups -OCH3 is 1. The quantitative estimate of drug-likeness (QED) is 0.693. The van der Waals surface area contributed by atoms with Gasteiger partial charge >= 0.3 is 0 Å². The highest BCUT2D eigenvalue weighted by Gasteiger charge is 2.21. The fourth-order valence-corrected chi connectivity index (χ4v) is 2.37. The molecule has 100 valence electrons. The fourth-order valence-electron chi connectivity index (χ4n) is 2.37. The van der Waals surface area contributed by atoms with Crippen LogP contribution in [0.3, 0.4) is 0 Å². The molecule has 1 aliphatic rings. The molecule has 1 aliphatic carbocycles. The van der Waals surface area contributed by atoms with E-state index in [-0.39, 0.29) is 12.5 Å². The molecule has 2 atom stereocenters. The zero-order chi connectivity index (χ0) is 12.5. The van der Waals surface area contributed by atoms with E-state index >= 15 is 0 Å². The van der Waals surface area contributed by atoms with E-state index in [2.05, 4.69) is 12.2 Å². The summed E-state index contributed by atoms with van der Waals surface area (Å²) in [7, 11) is 1.62. The molecule has 0 bridgehead atoms. The van der Waals surface area contributed by atoms with E-state index < -0.39 is 0 Å². The van der Waals surface area contributed by atoms with Crippen molar-refractivity contribution in [3.8, 4) is 0 Å². The number of hydrogen-bond donors (Lipinski definition) is 1. The summed E-state index contributed by atoms with van der Waals surface area (Å²) in [6.45, 7) is 3.39. The van der Waals surface area contributed by atoms with Crippen LogP contribution in [0.25, 0.3) is 0 Å². The third-order valence-corrected chi connectivity index (χ3v) is 3.39. The highest BCUT2D eigenvalue weighted by molar-refractivity contribution is 5.77. The average Bonchev–Trinajstić information content (AvgIpc) is 2.35. The molecular formula is C13H25NO3. The number of nitrogens with one attached hydrogen (secondary N) is 1. The SMILES string of the molecule is CCC1CCCC(NC(=O)COCCOC)C1. The van der Waals surface area contributed by atoms with Gasteiger partial charge in [-0.25, -0.2) is 0 Å². The van der Waals surface area contributed by atoms with Crippen molar-refractivity contribution in [3.63, 3.8) is 0 Å². The molecule has 0 aromatic heterocycles. The second-order valence-corrected chi connectivity index (χ2v) is 4.75. The van der Waals surface area contributed by atoms with Gasteiger partial charge in [-0.05, 0) is 18.8 Å². The lowest BCUT2D eigenvalue weighted by molar-refractivity contribution is -0.127. The van der Waals surface area contributed by atoms with E-state index in [0.717, 1.165) is 18.8 Å². The first-order valence-electron chi connectivity index (χ1n) is 6.62. The minimum atomic E-state index is 0.00264. The summed E-state index contributed by atoms with van der Waals surface area (Å²) < 4.78 is 10.0. The summed E-state index contributed by atoms with van der Waals surface area (Å²) in [6.07, 6.45) is 6.00. The maximum absolute atomic E-state index is 11.6. The molecule has 1 saturated carbocycles. The number of carbonyl (C=O) groups excluding carboxylic acids is 1. The Kier molecular flexibility index (Phi) is 7.21. The molecule has 0 aliphatic heterocycles. The predicted molar refractivity (Wildman–Crippen MR) is 66.9 cm³/mol. The van der Waals surface area contributed by atoms with E-state index in [4.69, 9.17) is 9.47 Å². The Morgan fingerprint density at radius 1 is 1.35 bits per heavy atom. The van der Waals surface area contributed by atoms with Gasteiger partial charge in [-0.15, -0.1) is 0 Å². The molecule has 0 heterocycles. The lowest BCUT2D eigenvalue weighted by Crippen LogP contribution is -2.40. The van der Waals surface area contributed by atoms with Gasteiger partial charge in [0.2, 0.25) is 5.91 Å². The molecule has 17 heavy (non-hydrogen) atoms. The highest BCUT2D eigenvalue weighted by atomic mass is 16.5. The maximum atomic E-state index is 11.6. The Balaban J connectivity index is 2.12. The summed E-state index contributed by atoms with van der Waals surface area (Å²) in [5, 5.41) is 3.06. The average molecular weight is 243 g/mol. The minimum absolute atomic E-state index is 0.00264. The van der Waals surface area contributed by atoms with E-state index in [1.54, 1.807) is 7.11 Å². The smallest absolute Gasteiger partial charge is 0.246 e. The standard InChI is InChI=1S/C13H25NO3/c1-3-11-5-4-6-12(9-11)14-13(15)10-17-8-7-16-2/h11-12H,3-10H2,1-2H3,(H,14,15). The molecule has 1 N–H and O–H groups in total. The molecule has 0 saturated heterocycles. The summed E-state index contributed by atoms with van der Waals surface area (Å²) in [4.78, 5) is 11.6. The molecule has 0 radical (unpaired) electrons. The zero-order valence-electron chi connectivity index (χ0n) is 11.0. The van der Waals surface area contributed by atoms with Gasteiger partial charge in [-0.3, -0.25) is 4.79 Å². The molecule has 2 unspecified atom stereocenters. The first-order valence-corrected chi connectivity index (χ1v) is 6.62. The van der Waals surface area contributed by atoms with Crippen LogP contribution >= 0.6 is 0 Å². The first kappa shape index (κ1) is 14.5. The molecule has 0 aromatic carbocycles. The van der Waals surface area contributed by atoms with Crippen LogP contribution in [-0.4, -0.2) is 38.9 Å². The Morgan fingerprint density at radius 3 is 2.88 bits per heavy atom. The van der Waals surface area contributed by atoms with Gasteiger partial charge in [-0.2, -0.15) is 0 Å². The summed E-state index contributed by atoms with van der Waals surface area (Å²) in [6, 6.07) is 0.354. The zero-order valence-corrected chi connectivity index (χ0v) is 11.0. The predicted octanol–water partition coefficient (Wildman–Crippen LogP) is 1.73. The minimum Gasteiger partial charge on any atom is -0.382 e. The van der Waals surface area contributed by atoms with Gasteiger partial charge in [0.1, 0.15) is 6.61 Å². The largest absolute Gasteiger partial charge is 0.382 e. The van der Waals surface area contributed by atoms with Crippen LogP contribution in [0, 0.1) is 5.92 Å². The van der Waals surface area contributed by atoms with E-state index in [0.29, 0.717) is 19.3 Å². The van der Waals surface area contributed by atoms with Gasteiger partial charge in [0.25, 0.3) is 0 Å². The van der Waals surface area contributed by atoms with Crippen molar-refractivity contribution in [2.45, 2.75) is 45.1 Å². The van der Waals surface area contributed by atoms with Gasteiger partial charge in [0, 0.05) is 13.2 Å². The second-order valence-electron chi connectivity index (χ2n) is 4.75. The molecule has 4 nitrogen and oxygen atoms in total. The lowest BCUT2D eigenvalue weighted by atomic mass is 9.84. The maximum Gasteiger partial charge on any atom is 0.246 e. The monoisotopic (exact) mass is 243 g/mol. The van der Waals surface area contributed by atoms with Gasteiger partial charge < -0.3 is 14.8 Å². The van der Waals surface area contributed by atoms with Crippen molar-refractivity contribution < 1.29 is 14.3 Å². The first-order chi connectivity index (χ1) is 8.26. The number of ether oxygens (including phenoxy) is 2. The van der Waals surface area contributed by atoms with Crippen molar-refractivity contribution in [1.82, 2.24) is 5.32 Å². The van der Waals surface area contributed by atoms with Crippen LogP contribution in [0.15, 0.2) is 0 Å². The molecule has 1 fully saturated rings. The van der Waals surface area contributed by atoms with E-state index in [9.17, 15) is 4.79 Å². The number of hydrogen-bond acceptors (Lipinski definition) is 3. The van der Waals surface area contributed by atoms with Gasteiger partial charge in [-0.1, -0.05) is 26.2 Å². The van der Waals surface area contributed by atoms with Gasteiger partial charge in [0.05, 0.1) is 13.2 Å². The van der Waals surface area contributed by atoms with Crippen molar-refractivity contribution >= 4 is 5.91 Å². The van der Waals surface area contributed by atoms with Crippen LogP contribution < -0.4 is 5.32 Å². The third kappa shape index (κ3) is 6.03. The van der Waals surface area contributed by atoms with Crippen LogP contribution in [0.1, 0.15) is 39.0 Å². The molecule has 0 spiro atoms. The second kappa shape index (κ2) is 8.48.